The minimum atomic E-state index is 0.643. The van der Waals surface area contributed by atoms with E-state index in [-0.39, 0.29) is 0 Å². The fourth-order valence-corrected chi connectivity index (χ4v) is 2.22. The van der Waals surface area contributed by atoms with Gasteiger partial charge in [0.25, 0.3) is 0 Å². The molecular weight excluding hydrogens is 256 g/mol. The van der Waals surface area contributed by atoms with Crippen LogP contribution in [0.15, 0.2) is 78.9 Å². The van der Waals surface area contributed by atoms with Gasteiger partial charge in [0, 0.05) is 5.69 Å². The Morgan fingerprint density at radius 1 is 0.667 bits per heavy atom. The van der Waals surface area contributed by atoms with Crippen molar-refractivity contribution in [3.8, 4) is 17.2 Å². The minimum absolute atomic E-state index is 0.643. The number of rotatable bonds is 3. The van der Waals surface area contributed by atoms with Crippen LogP contribution < -0.4 is 5.32 Å². The highest BCUT2D eigenvalue weighted by Gasteiger charge is 2.01. The Hall–Kier alpha value is -3.05. The van der Waals surface area contributed by atoms with E-state index in [2.05, 4.69) is 35.7 Å². The Labute approximate surface area is 124 Å². The number of anilines is 2. The maximum Gasteiger partial charge on any atom is 0.101 e. The fourth-order valence-electron chi connectivity index (χ4n) is 2.22. The molecule has 0 heterocycles. The van der Waals surface area contributed by atoms with Crippen molar-refractivity contribution in [3.63, 3.8) is 0 Å². The molecule has 0 aromatic heterocycles. The summed E-state index contributed by atoms with van der Waals surface area (Å²) >= 11 is 0. The molecule has 0 saturated carbocycles. The molecule has 0 spiro atoms. The lowest BCUT2D eigenvalue weighted by Crippen LogP contribution is -1.93. The number of nitrogens with one attached hydrogen (secondary N) is 1. The van der Waals surface area contributed by atoms with Crippen LogP contribution in [0.5, 0.6) is 0 Å². The first-order chi connectivity index (χ1) is 10.4. The SMILES string of the molecule is N#Cc1ccccc1Nc1ccc(-c2ccccc2)cc1. The average Bonchev–Trinajstić information content (AvgIpc) is 2.57. The van der Waals surface area contributed by atoms with Gasteiger partial charge in [-0.3, -0.25) is 0 Å². The van der Waals surface area contributed by atoms with Crippen LogP contribution in [-0.4, -0.2) is 0 Å². The molecule has 0 bridgehead atoms. The molecule has 0 fully saturated rings. The van der Waals surface area contributed by atoms with Crippen molar-refractivity contribution >= 4 is 11.4 Å². The molecule has 0 saturated heterocycles. The molecule has 0 aliphatic rings. The van der Waals surface area contributed by atoms with E-state index in [0.29, 0.717) is 5.56 Å². The lowest BCUT2D eigenvalue weighted by Gasteiger charge is -2.09. The van der Waals surface area contributed by atoms with Crippen molar-refractivity contribution in [2.75, 3.05) is 5.32 Å². The van der Waals surface area contributed by atoms with Gasteiger partial charge < -0.3 is 5.32 Å². The summed E-state index contributed by atoms with van der Waals surface area (Å²) in [6.07, 6.45) is 0. The third-order valence-electron chi connectivity index (χ3n) is 3.32. The van der Waals surface area contributed by atoms with Crippen LogP contribution in [0, 0.1) is 11.3 Å². The van der Waals surface area contributed by atoms with Gasteiger partial charge in [0.05, 0.1) is 11.3 Å². The van der Waals surface area contributed by atoms with Gasteiger partial charge in [-0.25, -0.2) is 0 Å². The van der Waals surface area contributed by atoms with Crippen LogP contribution in [0.25, 0.3) is 11.1 Å². The molecule has 3 aromatic carbocycles. The average molecular weight is 270 g/mol. The molecule has 2 nitrogen and oxygen atoms in total. The summed E-state index contributed by atoms with van der Waals surface area (Å²) < 4.78 is 0. The molecule has 1 N–H and O–H groups in total. The number of nitriles is 1. The molecule has 3 rings (SSSR count). The maximum absolute atomic E-state index is 9.10. The quantitative estimate of drug-likeness (QED) is 0.729. The summed E-state index contributed by atoms with van der Waals surface area (Å²) in [5.74, 6) is 0. The molecule has 2 heteroatoms. The molecule has 0 aliphatic heterocycles. The van der Waals surface area contributed by atoms with Gasteiger partial charge in [-0.15, -0.1) is 0 Å². The van der Waals surface area contributed by atoms with Gasteiger partial charge in [0.2, 0.25) is 0 Å². The Morgan fingerprint density at radius 3 is 2.00 bits per heavy atom. The molecule has 0 unspecified atom stereocenters. The van der Waals surface area contributed by atoms with E-state index in [1.165, 1.54) is 11.1 Å². The zero-order valence-electron chi connectivity index (χ0n) is 11.5. The van der Waals surface area contributed by atoms with E-state index in [1.54, 1.807) is 6.07 Å². The summed E-state index contributed by atoms with van der Waals surface area (Å²) in [5.41, 5.74) is 4.81. The number of benzene rings is 3. The topological polar surface area (TPSA) is 35.8 Å². The zero-order chi connectivity index (χ0) is 14.5. The second kappa shape index (κ2) is 5.94. The number of hydrogen-bond donors (Lipinski definition) is 1. The standard InChI is InChI=1S/C19H14N2/c20-14-17-8-4-5-9-19(17)21-18-12-10-16(11-13-18)15-6-2-1-3-7-15/h1-13,21H. The first-order valence-electron chi connectivity index (χ1n) is 6.78. The molecule has 100 valence electrons. The predicted octanol–water partition coefficient (Wildman–Crippen LogP) is 4.97. The Balaban J connectivity index is 1.84. The van der Waals surface area contributed by atoms with E-state index in [9.17, 15) is 0 Å². The summed E-state index contributed by atoms with van der Waals surface area (Å²) in [5, 5.41) is 12.4. The highest BCUT2D eigenvalue weighted by Crippen LogP contribution is 2.24. The van der Waals surface area contributed by atoms with E-state index in [1.807, 2.05) is 48.5 Å². The van der Waals surface area contributed by atoms with Crippen molar-refractivity contribution < 1.29 is 0 Å². The van der Waals surface area contributed by atoms with Crippen molar-refractivity contribution in [2.24, 2.45) is 0 Å². The van der Waals surface area contributed by atoms with Crippen LogP contribution in [0.4, 0.5) is 11.4 Å². The smallest absolute Gasteiger partial charge is 0.101 e. The lowest BCUT2D eigenvalue weighted by atomic mass is 10.1. The highest BCUT2D eigenvalue weighted by molar-refractivity contribution is 5.70. The minimum Gasteiger partial charge on any atom is -0.354 e. The van der Waals surface area contributed by atoms with E-state index >= 15 is 0 Å². The van der Waals surface area contributed by atoms with Crippen LogP contribution >= 0.6 is 0 Å². The van der Waals surface area contributed by atoms with Gasteiger partial charge in [-0.2, -0.15) is 5.26 Å². The van der Waals surface area contributed by atoms with Crippen molar-refractivity contribution in [3.05, 3.63) is 84.4 Å². The molecule has 21 heavy (non-hydrogen) atoms. The van der Waals surface area contributed by atoms with E-state index < -0.39 is 0 Å². The van der Waals surface area contributed by atoms with Gasteiger partial charge in [-0.1, -0.05) is 54.6 Å². The van der Waals surface area contributed by atoms with Crippen LogP contribution in [0.3, 0.4) is 0 Å². The lowest BCUT2D eigenvalue weighted by molar-refractivity contribution is 1.46. The number of hydrogen-bond acceptors (Lipinski definition) is 2. The summed E-state index contributed by atoms with van der Waals surface area (Å²) in [7, 11) is 0. The normalized spacial score (nSPS) is 9.86. The van der Waals surface area contributed by atoms with Crippen molar-refractivity contribution in [1.82, 2.24) is 0 Å². The predicted molar refractivity (Wildman–Crippen MR) is 86.3 cm³/mol. The molecular formula is C19H14N2. The van der Waals surface area contributed by atoms with Crippen LogP contribution in [0.2, 0.25) is 0 Å². The third-order valence-corrected chi connectivity index (χ3v) is 3.32. The molecule has 0 atom stereocenters. The maximum atomic E-state index is 9.10. The summed E-state index contributed by atoms with van der Waals surface area (Å²) in [4.78, 5) is 0. The van der Waals surface area contributed by atoms with E-state index in [4.69, 9.17) is 5.26 Å². The first-order valence-corrected chi connectivity index (χ1v) is 6.78. The first kappa shape index (κ1) is 13.0. The molecule has 0 radical (unpaired) electrons. The Kier molecular flexibility index (Phi) is 3.66. The summed E-state index contributed by atoms with van der Waals surface area (Å²) in [6, 6.07) is 28.1. The zero-order valence-corrected chi connectivity index (χ0v) is 11.5. The second-order valence-corrected chi connectivity index (χ2v) is 4.73. The van der Waals surface area contributed by atoms with Crippen molar-refractivity contribution in [2.45, 2.75) is 0 Å². The fraction of sp³-hybridized carbons (Fsp3) is 0. The van der Waals surface area contributed by atoms with Crippen molar-refractivity contribution in [1.29, 1.82) is 5.26 Å². The van der Waals surface area contributed by atoms with Crippen LogP contribution in [-0.2, 0) is 0 Å². The van der Waals surface area contributed by atoms with Gasteiger partial charge in [0.15, 0.2) is 0 Å². The molecule has 0 amide bonds. The largest absolute Gasteiger partial charge is 0.354 e. The monoisotopic (exact) mass is 270 g/mol. The summed E-state index contributed by atoms with van der Waals surface area (Å²) in [6.45, 7) is 0. The van der Waals surface area contributed by atoms with E-state index in [0.717, 1.165) is 11.4 Å². The highest BCUT2D eigenvalue weighted by atomic mass is 14.9. The van der Waals surface area contributed by atoms with Crippen LogP contribution in [0.1, 0.15) is 5.56 Å². The molecule has 0 aliphatic carbocycles. The molecule has 3 aromatic rings. The van der Waals surface area contributed by atoms with Gasteiger partial charge >= 0.3 is 0 Å². The Morgan fingerprint density at radius 2 is 1.29 bits per heavy atom. The number of para-hydroxylation sites is 1. The van der Waals surface area contributed by atoms with Gasteiger partial charge in [0.1, 0.15) is 6.07 Å². The van der Waals surface area contributed by atoms with Gasteiger partial charge in [-0.05, 0) is 35.4 Å². The Bertz CT molecular complexity index is 769. The second-order valence-electron chi connectivity index (χ2n) is 4.73. The number of nitrogens with zero attached hydrogens (tertiary/aromatic N) is 1. The third kappa shape index (κ3) is 2.93.